The van der Waals surface area contributed by atoms with Crippen LogP contribution < -0.4 is 0 Å². The summed E-state index contributed by atoms with van der Waals surface area (Å²) in [4.78, 5) is 10.1. The molecule has 0 radical (unpaired) electrons. The van der Waals surface area contributed by atoms with Crippen molar-refractivity contribution in [3.63, 3.8) is 0 Å². The van der Waals surface area contributed by atoms with E-state index in [4.69, 9.17) is 23.2 Å². The van der Waals surface area contributed by atoms with Crippen LogP contribution in [0.1, 0.15) is 11.1 Å². The van der Waals surface area contributed by atoms with Gasteiger partial charge in [0.25, 0.3) is 5.69 Å². The van der Waals surface area contributed by atoms with Gasteiger partial charge in [-0.15, -0.1) is 0 Å². The molecule has 0 unspecified atom stereocenters. The topological polar surface area (TPSA) is 66.9 Å². The number of rotatable bonds is 3. The Morgan fingerprint density at radius 3 is 2.38 bits per heavy atom. The Morgan fingerprint density at radius 2 is 1.86 bits per heavy atom. The van der Waals surface area contributed by atoms with Gasteiger partial charge in [-0.05, 0) is 41.5 Å². The molecule has 21 heavy (non-hydrogen) atoms. The van der Waals surface area contributed by atoms with E-state index < -0.39 is 4.92 Å². The molecule has 0 saturated carbocycles. The molecule has 0 N–H and O–H groups in total. The van der Waals surface area contributed by atoms with Crippen LogP contribution in [0.5, 0.6) is 0 Å². The van der Waals surface area contributed by atoms with Crippen molar-refractivity contribution < 1.29 is 4.92 Å². The summed E-state index contributed by atoms with van der Waals surface area (Å²) in [5, 5.41) is 20.8. The molecule has 0 fully saturated rings. The lowest BCUT2D eigenvalue weighted by Gasteiger charge is -2.02. The maximum Gasteiger partial charge on any atom is 0.269 e. The standard InChI is InChI=1S/C15H8Cl2N2O2/c16-13-4-1-11(15(17)8-13)7-12(9-18)10-2-5-14(6-3-10)19(20)21/h1-8H/b12-7+. The van der Waals surface area contributed by atoms with Crippen molar-refractivity contribution in [3.8, 4) is 6.07 Å². The predicted molar refractivity (Wildman–Crippen MR) is 83.0 cm³/mol. The lowest BCUT2D eigenvalue weighted by atomic mass is 10.0. The highest BCUT2D eigenvalue weighted by atomic mass is 35.5. The molecule has 0 bridgehead atoms. The second-order valence-corrected chi connectivity index (χ2v) is 4.98. The van der Waals surface area contributed by atoms with E-state index in [0.717, 1.165) is 0 Å². The molecule has 0 spiro atoms. The molecule has 2 aromatic carbocycles. The van der Waals surface area contributed by atoms with Crippen molar-refractivity contribution in [2.45, 2.75) is 0 Å². The van der Waals surface area contributed by atoms with Crippen LogP contribution in [0.15, 0.2) is 42.5 Å². The third-order valence-corrected chi connectivity index (χ3v) is 3.33. The van der Waals surface area contributed by atoms with E-state index in [9.17, 15) is 15.4 Å². The molecule has 104 valence electrons. The smallest absolute Gasteiger partial charge is 0.258 e. The Labute approximate surface area is 131 Å². The highest BCUT2D eigenvalue weighted by Gasteiger charge is 2.08. The number of nitro groups is 1. The fraction of sp³-hybridized carbons (Fsp3) is 0. The summed E-state index contributed by atoms with van der Waals surface area (Å²) in [6, 6.07) is 12.8. The predicted octanol–water partition coefficient (Wildman–Crippen LogP) is 4.97. The van der Waals surface area contributed by atoms with Gasteiger partial charge in [-0.3, -0.25) is 10.1 Å². The van der Waals surface area contributed by atoms with Crippen LogP contribution in [0.25, 0.3) is 11.6 Å². The van der Waals surface area contributed by atoms with Crippen LogP contribution in [0.2, 0.25) is 10.0 Å². The SMILES string of the molecule is N#C/C(=C\c1ccc(Cl)cc1Cl)c1ccc([N+](=O)[O-])cc1. The third kappa shape index (κ3) is 3.60. The number of allylic oxidation sites excluding steroid dienone is 1. The van der Waals surface area contributed by atoms with E-state index in [-0.39, 0.29) is 5.69 Å². The van der Waals surface area contributed by atoms with Gasteiger partial charge in [0, 0.05) is 22.2 Å². The number of benzene rings is 2. The summed E-state index contributed by atoms with van der Waals surface area (Å²) in [6.45, 7) is 0. The first-order chi connectivity index (χ1) is 10.0. The van der Waals surface area contributed by atoms with Gasteiger partial charge in [-0.25, -0.2) is 0 Å². The first kappa shape index (κ1) is 15.0. The average molecular weight is 319 g/mol. The van der Waals surface area contributed by atoms with E-state index in [1.807, 2.05) is 0 Å². The summed E-state index contributed by atoms with van der Waals surface area (Å²) >= 11 is 11.9. The summed E-state index contributed by atoms with van der Waals surface area (Å²) in [6.07, 6.45) is 1.61. The lowest BCUT2D eigenvalue weighted by molar-refractivity contribution is -0.384. The zero-order chi connectivity index (χ0) is 15.4. The number of hydrogen-bond donors (Lipinski definition) is 0. The third-order valence-electron chi connectivity index (χ3n) is 2.77. The second-order valence-electron chi connectivity index (χ2n) is 4.14. The van der Waals surface area contributed by atoms with Crippen LogP contribution in [0.3, 0.4) is 0 Å². The summed E-state index contributed by atoms with van der Waals surface area (Å²) in [7, 11) is 0. The minimum atomic E-state index is -0.490. The average Bonchev–Trinajstić information content (AvgIpc) is 2.47. The molecular weight excluding hydrogens is 311 g/mol. The minimum absolute atomic E-state index is 0.0273. The van der Waals surface area contributed by atoms with E-state index in [0.29, 0.717) is 26.7 Å². The summed E-state index contributed by atoms with van der Waals surface area (Å²) < 4.78 is 0. The number of nitrogens with zero attached hydrogens (tertiary/aromatic N) is 2. The first-order valence-electron chi connectivity index (χ1n) is 5.83. The monoisotopic (exact) mass is 318 g/mol. The van der Waals surface area contributed by atoms with E-state index in [1.165, 1.54) is 24.3 Å². The Hall–Kier alpha value is -2.35. The summed E-state index contributed by atoms with van der Waals surface area (Å²) in [5.74, 6) is 0. The van der Waals surface area contributed by atoms with Crippen LogP contribution in [0.4, 0.5) is 5.69 Å². The maximum atomic E-state index is 10.6. The van der Waals surface area contributed by atoms with Crippen LogP contribution in [-0.2, 0) is 0 Å². The van der Waals surface area contributed by atoms with Gasteiger partial charge >= 0.3 is 0 Å². The van der Waals surface area contributed by atoms with Gasteiger partial charge in [-0.1, -0.05) is 29.3 Å². The van der Waals surface area contributed by atoms with Crippen LogP contribution >= 0.6 is 23.2 Å². The Morgan fingerprint density at radius 1 is 1.19 bits per heavy atom. The zero-order valence-electron chi connectivity index (χ0n) is 10.6. The molecule has 6 heteroatoms. The fourth-order valence-electron chi connectivity index (χ4n) is 1.72. The van der Waals surface area contributed by atoms with Crippen molar-refractivity contribution >= 4 is 40.5 Å². The number of hydrogen-bond acceptors (Lipinski definition) is 3. The molecule has 2 aromatic rings. The van der Waals surface area contributed by atoms with Gasteiger partial charge in [-0.2, -0.15) is 5.26 Å². The van der Waals surface area contributed by atoms with Gasteiger partial charge < -0.3 is 0 Å². The molecule has 2 rings (SSSR count). The normalized spacial score (nSPS) is 11.0. The van der Waals surface area contributed by atoms with Crippen molar-refractivity contribution in [2.75, 3.05) is 0 Å². The fourth-order valence-corrected chi connectivity index (χ4v) is 2.18. The minimum Gasteiger partial charge on any atom is -0.258 e. The number of halogens is 2. The van der Waals surface area contributed by atoms with Crippen molar-refractivity contribution in [2.24, 2.45) is 0 Å². The zero-order valence-corrected chi connectivity index (χ0v) is 12.1. The van der Waals surface area contributed by atoms with Crippen molar-refractivity contribution in [1.29, 1.82) is 5.26 Å². The number of nitro benzene ring substituents is 1. The molecule has 0 saturated heterocycles. The molecular formula is C15H8Cl2N2O2. The molecule has 0 atom stereocenters. The molecule has 0 amide bonds. The first-order valence-corrected chi connectivity index (χ1v) is 6.58. The molecule has 0 aliphatic carbocycles. The second kappa shape index (κ2) is 6.40. The van der Waals surface area contributed by atoms with Crippen molar-refractivity contribution in [3.05, 3.63) is 73.8 Å². The van der Waals surface area contributed by atoms with Crippen LogP contribution in [0, 0.1) is 21.4 Å². The van der Waals surface area contributed by atoms with E-state index in [2.05, 4.69) is 6.07 Å². The Kier molecular flexibility index (Phi) is 4.59. The molecule has 0 heterocycles. The highest BCUT2D eigenvalue weighted by Crippen LogP contribution is 2.26. The van der Waals surface area contributed by atoms with Gasteiger partial charge in [0.15, 0.2) is 0 Å². The van der Waals surface area contributed by atoms with Crippen molar-refractivity contribution in [1.82, 2.24) is 0 Å². The van der Waals surface area contributed by atoms with Gasteiger partial charge in [0.1, 0.15) is 0 Å². The largest absolute Gasteiger partial charge is 0.269 e. The number of non-ortho nitro benzene ring substituents is 1. The number of nitriles is 1. The Balaban J connectivity index is 2.41. The molecule has 0 aromatic heterocycles. The van der Waals surface area contributed by atoms with Gasteiger partial charge in [0.05, 0.1) is 16.6 Å². The lowest BCUT2D eigenvalue weighted by Crippen LogP contribution is -1.88. The highest BCUT2D eigenvalue weighted by molar-refractivity contribution is 6.35. The molecule has 0 aliphatic heterocycles. The Bertz CT molecular complexity index is 762. The maximum absolute atomic E-state index is 10.6. The van der Waals surface area contributed by atoms with Crippen LogP contribution in [-0.4, -0.2) is 4.92 Å². The molecule has 4 nitrogen and oxygen atoms in total. The van der Waals surface area contributed by atoms with E-state index >= 15 is 0 Å². The quantitative estimate of drug-likeness (QED) is 0.347. The van der Waals surface area contributed by atoms with Gasteiger partial charge in [0.2, 0.25) is 0 Å². The molecule has 0 aliphatic rings. The van der Waals surface area contributed by atoms with E-state index in [1.54, 1.807) is 24.3 Å². The summed E-state index contributed by atoms with van der Waals surface area (Å²) in [5.41, 5.74) is 1.56.